The second-order valence-electron chi connectivity index (χ2n) is 5.18. The maximum Gasteiger partial charge on any atom is 0.246 e. The summed E-state index contributed by atoms with van der Waals surface area (Å²) in [5.74, 6) is 0.0390. The predicted octanol–water partition coefficient (Wildman–Crippen LogP) is 1.62. The van der Waals surface area contributed by atoms with E-state index in [0.717, 1.165) is 11.3 Å². The van der Waals surface area contributed by atoms with E-state index in [1.165, 1.54) is 0 Å². The van der Waals surface area contributed by atoms with Crippen molar-refractivity contribution in [2.45, 2.75) is 26.9 Å². The van der Waals surface area contributed by atoms with Gasteiger partial charge in [0, 0.05) is 0 Å². The quantitative estimate of drug-likeness (QED) is 0.817. The lowest BCUT2D eigenvalue weighted by molar-refractivity contribution is -0.125. The number of hydrazine groups is 1. The van der Waals surface area contributed by atoms with Crippen LogP contribution in [-0.4, -0.2) is 17.6 Å². The molecule has 0 radical (unpaired) electrons. The van der Waals surface area contributed by atoms with Crippen LogP contribution in [0.3, 0.4) is 0 Å². The van der Waals surface area contributed by atoms with Crippen LogP contribution in [0.15, 0.2) is 24.3 Å². The van der Waals surface area contributed by atoms with Gasteiger partial charge in [-0.15, -0.1) is 0 Å². The molecule has 1 heterocycles. The van der Waals surface area contributed by atoms with Crippen molar-refractivity contribution in [1.29, 1.82) is 0 Å². The van der Waals surface area contributed by atoms with Crippen LogP contribution in [0, 0.1) is 5.41 Å². The molecular formula is C13H18N2O2. The number of amides is 1. The van der Waals surface area contributed by atoms with E-state index in [1.54, 1.807) is 6.92 Å². The van der Waals surface area contributed by atoms with Crippen molar-refractivity contribution >= 4 is 11.6 Å². The summed E-state index contributed by atoms with van der Waals surface area (Å²) >= 11 is 0. The second-order valence-corrected chi connectivity index (χ2v) is 5.18. The Morgan fingerprint density at radius 2 is 1.94 bits per heavy atom. The van der Waals surface area contributed by atoms with Crippen molar-refractivity contribution in [2.24, 2.45) is 5.41 Å². The first-order valence-corrected chi connectivity index (χ1v) is 5.77. The molecule has 0 bridgehead atoms. The molecule has 17 heavy (non-hydrogen) atoms. The fraction of sp³-hybridized carbons (Fsp3) is 0.462. The van der Waals surface area contributed by atoms with Crippen LogP contribution in [0.4, 0.5) is 5.69 Å². The number of anilines is 1. The molecule has 1 saturated heterocycles. The summed E-state index contributed by atoms with van der Waals surface area (Å²) in [7, 11) is 0. The zero-order chi connectivity index (χ0) is 12.6. The molecule has 1 fully saturated rings. The lowest BCUT2D eigenvalue weighted by atomic mass is 9.94. The van der Waals surface area contributed by atoms with Crippen LogP contribution in [0.25, 0.3) is 0 Å². The SMILES string of the molecule is CC(O)c1ccc(N2CC(C)(C)C(=O)N2)cc1. The minimum atomic E-state index is -0.464. The number of aliphatic hydroxyl groups excluding tert-OH is 1. The van der Waals surface area contributed by atoms with Gasteiger partial charge in [0.05, 0.1) is 23.8 Å². The summed E-state index contributed by atoms with van der Waals surface area (Å²) in [4.78, 5) is 11.7. The van der Waals surface area contributed by atoms with Crippen LogP contribution in [0.2, 0.25) is 0 Å². The molecule has 1 aromatic carbocycles. The third-order valence-corrected chi connectivity index (χ3v) is 3.09. The van der Waals surface area contributed by atoms with E-state index >= 15 is 0 Å². The van der Waals surface area contributed by atoms with Crippen LogP contribution < -0.4 is 10.4 Å². The van der Waals surface area contributed by atoms with Crippen LogP contribution >= 0.6 is 0 Å². The summed E-state index contributed by atoms with van der Waals surface area (Å²) < 4.78 is 0. The monoisotopic (exact) mass is 234 g/mol. The van der Waals surface area contributed by atoms with Gasteiger partial charge in [0.1, 0.15) is 0 Å². The summed E-state index contributed by atoms with van der Waals surface area (Å²) in [6, 6.07) is 7.56. The highest BCUT2D eigenvalue weighted by Crippen LogP contribution is 2.27. The highest BCUT2D eigenvalue weighted by molar-refractivity contribution is 5.87. The average Bonchev–Trinajstić information content (AvgIpc) is 2.54. The number of nitrogens with one attached hydrogen (secondary N) is 1. The second kappa shape index (κ2) is 4.04. The standard InChI is InChI=1S/C13H18N2O2/c1-9(16)10-4-6-11(7-5-10)15-8-13(2,3)12(17)14-15/h4-7,9,16H,8H2,1-3H3,(H,14,17). The van der Waals surface area contributed by atoms with Gasteiger partial charge in [0.2, 0.25) is 5.91 Å². The zero-order valence-corrected chi connectivity index (χ0v) is 10.4. The van der Waals surface area contributed by atoms with Crippen molar-refractivity contribution in [2.75, 3.05) is 11.6 Å². The molecule has 1 unspecified atom stereocenters. The van der Waals surface area contributed by atoms with Crippen LogP contribution in [-0.2, 0) is 4.79 Å². The number of rotatable bonds is 2. The van der Waals surface area contributed by atoms with E-state index < -0.39 is 6.10 Å². The first kappa shape index (κ1) is 11.9. The third kappa shape index (κ3) is 2.26. The van der Waals surface area contributed by atoms with Gasteiger partial charge in [-0.05, 0) is 38.5 Å². The van der Waals surface area contributed by atoms with E-state index in [9.17, 15) is 9.90 Å². The van der Waals surface area contributed by atoms with Gasteiger partial charge >= 0.3 is 0 Å². The number of hydrogen-bond donors (Lipinski definition) is 2. The van der Waals surface area contributed by atoms with Crippen LogP contribution in [0.1, 0.15) is 32.4 Å². The lowest BCUT2D eigenvalue weighted by Crippen LogP contribution is -2.33. The highest BCUT2D eigenvalue weighted by Gasteiger charge is 2.37. The van der Waals surface area contributed by atoms with Crippen molar-refractivity contribution in [3.8, 4) is 0 Å². The van der Waals surface area contributed by atoms with Crippen molar-refractivity contribution in [3.63, 3.8) is 0 Å². The van der Waals surface area contributed by atoms with E-state index in [0.29, 0.717) is 6.54 Å². The smallest absolute Gasteiger partial charge is 0.246 e. The summed E-state index contributed by atoms with van der Waals surface area (Å²) in [5.41, 5.74) is 4.29. The van der Waals surface area contributed by atoms with Gasteiger partial charge in [0.15, 0.2) is 0 Å². The Morgan fingerprint density at radius 3 is 2.35 bits per heavy atom. The molecule has 1 aliphatic rings. The number of benzene rings is 1. The first-order chi connectivity index (χ1) is 7.90. The fourth-order valence-corrected chi connectivity index (χ4v) is 1.87. The Hall–Kier alpha value is -1.55. The minimum absolute atomic E-state index is 0.0390. The molecule has 1 aliphatic heterocycles. The van der Waals surface area contributed by atoms with Gasteiger partial charge in [-0.1, -0.05) is 12.1 Å². The lowest BCUT2D eigenvalue weighted by Gasteiger charge is -2.19. The van der Waals surface area contributed by atoms with E-state index in [-0.39, 0.29) is 11.3 Å². The molecular weight excluding hydrogens is 216 g/mol. The van der Waals surface area contributed by atoms with E-state index in [1.807, 2.05) is 43.1 Å². The molecule has 1 amide bonds. The molecule has 0 saturated carbocycles. The fourth-order valence-electron chi connectivity index (χ4n) is 1.87. The van der Waals surface area contributed by atoms with E-state index in [4.69, 9.17) is 0 Å². The molecule has 1 aromatic rings. The maximum absolute atomic E-state index is 11.7. The topological polar surface area (TPSA) is 52.6 Å². The number of carbonyl (C=O) groups excluding carboxylic acids is 1. The number of nitrogens with zero attached hydrogens (tertiary/aromatic N) is 1. The molecule has 0 aliphatic carbocycles. The van der Waals surface area contributed by atoms with Gasteiger partial charge in [-0.2, -0.15) is 0 Å². The Morgan fingerprint density at radius 1 is 1.35 bits per heavy atom. The van der Waals surface area contributed by atoms with Crippen molar-refractivity contribution in [3.05, 3.63) is 29.8 Å². The van der Waals surface area contributed by atoms with Crippen molar-refractivity contribution < 1.29 is 9.90 Å². The van der Waals surface area contributed by atoms with E-state index in [2.05, 4.69) is 5.43 Å². The Kier molecular flexibility index (Phi) is 2.83. The molecule has 0 aromatic heterocycles. The molecule has 4 heteroatoms. The number of hydrogen-bond acceptors (Lipinski definition) is 3. The third-order valence-electron chi connectivity index (χ3n) is 3.09. The molecule has 0 spiro atoms. The van der Waals surface area contributed by atoms with Gasteiger partial charge in [0.25, 0.3) is 0 Å². The summed E-state index contributed by atoms with van der Waals surface area (Å²) in [5, 5.41) is 11.3. The largest absolute Gasteiger partial charge is 0.389 e. The Bertz CT molecular complexity index is 424. The number of carbonyl (C=O) groups is 1. The normalized spacial score (nSPS) is 20.2. The summed E-state index contributed by atoms with van der Waals surface area (Å²) in [6.07, 6.45) is -0.464. The Labute approximate surface area is 101 Å². The molecule has 1 atom stereocenters. The van der Waals surface area contributed by atoms with Gasteiger partial charge < -0.3 is 5.11 Å². The zero-order valence-electron chi connectivity index (χ0n) is 10.4. The predicted molar refractivity (Wildman–Crippen MR) is 66.3 cm³/mol. The van der Waals surface area contributed by atoms with Crippen LogP contribution in [0.5, 0.6) is 0 Å². The molecule has 4 nitrogen and oxygen atoms in total. The van der Waals surface area contributed by atoms with Crippen molar-refractivity contribution in [1.82, 2.24) is 5.43 Å². The minimum Gasteiger partial charge on any atom is -0.389 e. The number of aliphatic hydroxyl groups is 1. The Balaban J connectivity index is 2.17. The van der Waals surface area contributed by atoms with Gasteiger partial charge in [-0.3, -0.25) is 15.2 Å². The first-order valence-electron chi connectivity index (χ1n) is 5.77. The van der Waals surface area contributed by atoms with Gasteiger partial charge in [-0.25, -0.2) is 0 Å². The molecule has 2 rings (SSSR count). The average molecular weight is 234 g/mol. The maximum atomic E-state index is 11.7. The molecule has 2 N–H and O–H groups in total. The highest BCUT2D eigenvalue weighted by atomic mass is 16.3. The molecule has 92 valence electrons. The summed E-state index contributed by atoms with van der Waals surface area (Å²) in [6.45, 7) is 6.23.